The molecule has 0 unspecified atom stereocenters. The van der Waals surface area contributed by atoms with Crippen LogP contribution in [0.3, 0.4) is 0 Å². The highest BCUT2D eigenvalue weighted by Crippen LogP contribution is 2.26. The van der Waals surface area contributed by atoms with Crippen molar-refractivity contribution in [3.63, 3.8) is 0 Å². The molecule has 0 N–H and O–H groups in total. The first-order valence-corrected chi connectivity index (χ1v) is 6.56. The fourth-order valence-corrected chi connectivity index (χ4v) is 2.12. The number of hydrogen-bond acceptors (Lipinski definition) is 2. The molecule has 0 radical (unpaired) electrons. The Balaban J connectivity index is 1.80. The van der Waals surface area contributed by atoms with Gasteiger partial charge in [-0.15, -0.1) is 0 Å². The maximum absolute atomic E-state index is 11.8. The standard InChI is InChI=1S/C18H14O2/c19-18-16(12-11-14-7-3-1-4-8-14)13-17(20-18)15-9-5-2-6-10-15/h1-10,12-13H,11H2. The van der Waals surface area contributed by atoms with Crippen molar-refractivity contribution >= 4 is 11.7 Å². The molecule has 1 heterocycles. The van der Waals surface area contributed by atoms with Gasteiger partial charge in [-0.05, 0) is 18.1 Å². The zero-order chi connectivity index (χ0) is 13.8. The van der Waals surface area contributed by atoms with E-state index in [1.807, 2.05) is 66.7 Å². The Kier molecular flexibility index (Phi) is 3.46. The molecule has 2 heteroatoms. The molecule has 3 rings (SSSR count). The van der Waals surface area contributed by atoms with Crippen LogP contribution in [0.25, 0.3) is 5.76 Å². The summed E-state index contributed by atoms with van der Waals surface area (Å²) in [6.07, 6.45) is 4.44. The highest BCUT2D eigenvalue weighted by atomic mass is 16.5. The molecule has 2 aromatic rings. The zero-order valence-corrected chi connectivity index (χ0v) is 11.0. The van der Waals surface area contributed by atoms with E-state index in [0.717, 1.165) is 12.0 Å². The average Bonchev–Trinajstić information content (AvgIpc) is 2.88. The number of carbonyl (C=O) groups excluding carboxylic acids is 1. The van der Waals surface area contributed by atoms with Crippen molar-refractivity contribution < 1.29 is 9.53 Å². The van der Waals surface area contributed by atoms with E-state index < -0.39 is 0 Å². The Bertz CT molecular complexity index is 667. The van der Waals surface area contributed by atoms with Gasteiger partial charge in [0, 0.05) is 5.56 Å². The van der Waals surface area contributed by atoms with Crippen LogP contribution < -0.4 is 0 Å². The number of rotatable bonds is 3. The van der Waals surface area contributed by atoms with Gasteiger partial charge in [0.15, 0.2) is 0 Å². The molecule has 20 heavy (non-hydrogen) atoms. The van der Waals surface area contributed by atoms with Crippen LogP contribution in [0, 0.1) is 0 Å². The Morgan fingerprint density at radius 2 is 1.55 bits per heavy atom. The summed E-state index contributed by atoms with van der Waals surface area (Å²) >= 11 is 0. The van der Waals surface area contributed by atoms with E-state index in [0.29, 0.717) is 11.3 Å². The molecule has 0 saturated heterocycles. The molecular weight excluding hydrogens is 248 g/mol. The minimum Gasteiger partial charge on any atom is -0.422 e. The van der Waals surface area contributed by atoms with Gasteiger partial charge in [0.25, 0.3) is 0 Å². The molecule has 0 spiro atoms. The van der Waals surface area contributed by atoms with Crippen LogP contribution in [0.2, 0.25) is 0 Å². The Morgan fingerprint density at radius 1 is 0.900 bits per heavy atom. The Hall–Kier alpha value is -2.61. The lowest BCUT2D eigenvalue weighted by atomic mass is 10.1. The molecule has 0 atom stereocenters. The third kappa shape index (κ3) is 2.69. The van der Waals surface area contributed by atoms with E-state index in [4.69, 9.17) is 4.74 Å². The number of cyclic esters (lactones) is 1. The summed E-state index contributed by atoms with van der Waals surface area (Å²) in [6, 6.07) is 19.7. The van der Waals surface area contributed by atoms with Crippen LogP contribution in [-0.4, -0.2) is 5.97 Å². The Labute approximate surface area is 118 Å². The van der Waals surface area contributed by atoms with Crippen molar-refractivity contribution in [2.75, 3.05) is 0 Å². The van der Waals surface area contributed by atoms with Gasteiger partial charge in [-0.1, -0.05) is 66.7 Å². The summed E-state index contributed by atoms with van der Waals surface area (Å²) in [5.74, 6) is 0.342. The van der Waals surface area contributed by atoms with Gasteiger partial charge in [-0.2, -0.15) is 0 Å². The van der Waals surface area contributed by atoms with E-state index >= 15 is 0 Å². The molecule has 0 fully saturated rings. The highest BCUT2D eigenvalue weighted by Gasteiger charge is 2.21. The largest absolute Gasteiger partial charge is 0.422 e. The monoisotopic (exact) mass is 262 g/mol. The van der Waals surface area contributed by atoms with Crippen molar-refractivity contribution in [1.82, 2.24) is 0 Å². The molecule has 2 nitrogen and oxygen atoms in total. The zero-order valence-electron chi connectivity index (χ0n) is 11.0. The Morgan fingerprint density at radius 3 is 2.25 bits per heavy atom. The lowest BCUT2D eigenvalue weighted by molar-refractivity contribution is -0.130. The molecule has 0 amide bonds. The third-order valence-electron chi connectivity index (χ3n) is 3.18. The predicted molar refractivity (Wildman–Crippen MR) is 78.7 cm³/mol. The second kappa shape index (κ2) is 5.57. The fraction of sp³-hybridized carbons (Fsp3) is 0.0556. The van der Waals surface area contributed by atoms with E-state index in [9.17, 15) is 4.79 Å². The van der Waals surface area contributed by atoms with Crippen molar-refractivity contribution in [3.05, 3.63) is 89.5 Å². The molecule has 0 aromatic heterocycles. The van der Waals surface area contributed by atoms with E-state index in [2.05, 4.69) is 0 Å². The number of esters is 1. The van der Waals surface area contributed by atoms with Crippen molar-refractivity contribution in [3.8, 4) is 0 Å². The number of ether oxygens (including phenoxy) is 1. The van der Waals surface area contributed by atoms with Crippen LogP contribution in [0.1, 0.15) is 11.1 Å². The summed E-state index contributed by atoms with van der Waals surface area (Å²) in [7, 11) is 0. The lowest BCUT2D eigenvalue weighted by Crippen LogP contribution is -1.97. The summed E-state index contributed by atoms with van der Waals surface area (Å²) in [6.45, 7) is 0. The molecule has 2 aromatic carbocycles. The first-order valence-electron chi connectivity index (χ1n) is 6.56. The molecule has 0 bridgehead atoms. The van der Waals surface area contributed by atoms with Gasteiger partial charge in [0.2, 0.25) is 0 Å². The number of benzene rings is 2. The maximum Gasteiger partial charge on any atom is 0.343 e. The second-order valence-corrected chi connectivity index (χ2v) is 4.61. The quantitative estimate of drug-likeness (QED) is 0.622. The smallest absolute Gasteiger partial charge is 0.343 e. The molecule has 0 aliphatic carbocycles. The van der Waals surface area contributed by atoms with Crippen molar-refractivity contribution in [2.24, 2.45) is 0 Å². The predicted octanol–water partition coefficient (Wildman–Crippen LogP) is 3.75. The van der Waals surface area contributed by atoms with Gasteiger partial charge in [-0.25, -0.2) is 4.79 Å². The summed E-state index contributed by atoms with van der Waals surface area (Å²) < 4.78 is 5.30. The molecule has 98 valence electrons. The summed E-state index contributed by atoms with van der Waals surface area (Å²) in [5.41, 5.74) is 2.71. The number of carbonyl (C=O) groups is 1. The van der Waals surface area contributed by atoms with Crippen LogP contribution in [0.5, 0.6) is 0 Å². The topological polar surface area (TPSA) is 26.3 Å². The van der Waals surface area contributed by atoms with Gasteiger partial charge in [-0.3, -0.25) is 0 Å². The van der Waals surface area contributed by atoms with E-state index in [1.54, 1.807) is 6.08 Å². The highest BCUT2D eigenvalue weighted by molar-refractivity contribution is 6.01. The molecule has 1 aliphatic heterocycles. The summed E-state index contributed by atoms with van der Waals surface area (Å²) in [4.78, 5) is 11.8. The number of hydrogen-bond donors (Lipinski definition) is 0. The first kappa shape index (κ1) is 12.4. The van der Waals surface area contributed by atoms with Gasteiger partial charge < -0.3 is 4.74 Å². The lowest BCUT2D eigenvalue weighted by Gasteiger charge is -2.00. The van der Waals surface area contributed by atoms with Gasteiger partial charge >= 0.3 is 5.97 Å². The average molecular weight is 262 g/mol. The van der Waals surface area contributed by atoms with E-state index in [1.165, 1.54) is 5.56 Å². The second-order valence-electron chi connectivity index (χ2n) is 4.61. The SMILES string of the molecule is O=C1OC(c2ccccc2)=CC1=CCc1ccccc1. The normalized spacial score (nSPS) is 16.1. The van der Waals surface area contributed by atoms with Crippen LogP contribution in [0.4, 0.5) is 0 Å². The first-order chi connectivity index (χ1) is 9.83. The molecular formula is C18H14O2. The van der Waals surface area contributed by atoms with Gasteiger partial charge in [0.1, 0.15) is 5.76 Å². The maximum atomic E-state index is 11.8. The van der Waals surface area contributed by atoms with Crippen molar-refractivity contribution in [2.45, 2.75) is 6.42 Å². The minimum absolute atomic E-state index is 0.278. The van der Waals surface area contributed by atoms with Crippen molar-refractivity contribution in [1.29, 1.82) is 0 Å². The molecule has 0 saturated carbocycles. The van der Waals surface area contributed by atoms with Gasteiger partial charge in [0.05, 0.1) is 5.57 Å². The fourth-order valence-electron chi connectivity index (χ4n) is 2.12. The van der Waals surface area contributed by atoms with Crippen LogP contribution in [0.15, 0.2) is 78.4 Å². The third-order valence-corrected chi connectivity index (χ3v) is 3.18. The van der Waals surface area contributed by atoms with E-state index in [-0.39, 0.29) is 5.97 Å². The van der Waals surface area contributed by atoms with Crippen LogP contribution in [-0.2, 0) is 16.0 Å². The molecule has 1 aliphatic rings. The van der Waals surface area contributed by atoms with Crippen LogP contribution >= 0.6 is 0 Å². The number of allylic oxidation sites excluding steroid dienone is 1. The minimum atomic E-state index is -0.278. The summed E-state index contributed by atoms with van der Waals surface area (Å²) in [5, 5.41) is 0.